The molecule has 2 atom stereocenters. The second kappa shape index (κ2) is 8.98. The first-order chi connectivity index (χ1) is 9.68. The minimum absolute atomic E-state index is 0.0252. The van der Waals surface area contributed by atoms with E-state index in [4.69, 9.17) is 14.7 Å². The van der Waals surface area contributed by atoms with Gasteiger partial charge in [-0.1, -0.05) is 20.8 Å². The Hall–Kier alpha value is -2.06. The molecule has 0 bridgehead atoms. The molecule has 9 heteroatoms. The number of carboxylic acids is 1. The van der Waals surface area contributed by atoms with Gasteiger partial charge in [-0.25, -0.2) is 4.79 Å². The first-order valence-corrected chi connectivity index (χ1v) is 6.68. The molecule has 21 heavy (non-hydrogen) atoms. The van der Waals surface area contributed by atoms with E-state index in [0.717, 1.165) is 5.01 Å². The lowest BCUT2D eigenvalue weighted by Crippen LogP contribution is -2.43. The van der Waals surface area contributed by atoms with Gasteiger partial charge in [-0.05, 0) is 12.3 Å². The molecule has 1 N–H and O–H groups in total. The van der Waals surface area contributed by atoms with Gasteiger partial charge >= 0.3 is 11.9 Å². The minimum atomic E-state index is -1.13. The number of aliphatic carboxylic acids is 1. The number of carboxylic acid groups (broad SMARTS) is 1. The SMILES string of the molecule is CCC(=O)OC(C)ON=[N+]([O-])N(C)[C@@H](CC(C)C)C(=O)O. The van der Waals surface area contributed by atoms with Gasteiger partial charge in [0.2, 0.25) is 5.28 Å². The van der Waals surface area contributed by atoms with Crippen LogP contribution < -0.4 is 0 Å². The molecule has 0 saturated heterocycles. The van der Waals surface area contributed by atoms with Crippen molar-refractivity contribution in [1.82, 2.24) is 5.01 Å². The van der Waals surface area contributed by atoms with E-state index in [1.165, 1.54) is 14.0 Å². The molecule has 0 spiro atoms. The van der Waals surface area contributed by atoms with Gasteiger partial charge in [0.1, 0.15) is 0 Å². The van der Waals surface area contributed by atoms with E-state index < -0.39 is 24.3 Å². The van der Waals surface area contributed by atoms with Gasteiger partial charge in [-0.15, -0.1) is 5.01 Å². The Bertz CT molecular complexity index is 385. The molecule has 0 aliphatic heterocycles. The number of hydrazine groups is 1. The number of hydrogen-bond acceptors (Lipinski definition) is 6. The summed E-state index contributed by atoms with van der Waals surface area (Å²) in [5, 5.41) is 24.9. The second-order valence-electron chi connectivity index (χ2n) is 4.91. The summed E-state index contributed by atoms with van der Waals surface area (Å²) in [6.07, 6.45) is -0.583. The van der Waals surface area contributed by atoms with Crippen molar-refractivity contribution in [3.63, 3.8) is 0 Å². The van der Waals surface area contributed by atoms with Crippen molar-refractivity contribution in [3.05, 3.63) is 5.21 Å². The first-order valence-electron chi connectivity index (χ1n) is 6.68. The third-order valence-electron chi connectivity index (χ3n) is 2.55. The molecule has 0 rings (SSSR count). The van der Waals surface area contributed by atoms with Gasteiger partial charge in [0.25, 0.3) is 6.29 Å². The highest BCUT2D eigenvalue weighted by atomic mass is 16.8. The Morgan fingerprint density at radius 2 is 1.95 bits per heavy atom. The van der Waals surface area contributed by atoms with E-state index in [2.05, 4.69) is 5.28 Å². The summed E-state index contributed by atoms with van der Waals surface area (Å²) in [5.74, 6) is -1.54. The summed E-state index contributed by atoms with van der Waals surface area (Å²) in [6.45, 7) is 6.70. The van der Waals surface area contributed by atoms with E-state index >= 15 is 0 Å². The summed E-state index contributed by atoms with van der Waals surface area (Å²) >= 11 is 0. The summed E-state index contributed by atoms with van der Waals surface area (Å²) in [6, 6.07) is -1.02. The number of likely N-dealkylation sites (N-methyl/N-ethyl adjacent to an activating group) is 1. The maximum Gasteiger partial charge on any atom is 0.332 e. The lowest BCUT2D eigenvalue weighted by molar-refractivity contribution is -0.712. The van der Waals surface area contributed by atoms with Gasteiger partial charge in [0.05, 0.1) is 12.0 Å². The summed E-state index contributed by atoms with van der Waals surface area (Å²) in [5.41, 5.74) is 0. The monoisotopic (exact) mass is 305 g/mol. The number of carbonyl (C=O) groups is 2. The third-order valence-corrected chi connectivity index (χ3v) is 2.55. The topological polar surface area (TPSA) is 114 Å². The van der Waals surface area contributed by atoms with Crippen molar-refractivity contribution in [1.29, 1.82) is 0 Å². The summed E-state index contributed by atoms with van der Waals surface area (Å²) in [4.78, 5) is 26.9. The van der Waals surface area contributed by atoms with Gasteiger partial charge in [0.15, 0.2) is 6.04 Å². The molecule has 0 amide bonds. The fraction of sp³-hybridized carbons (Fsp3) is 0.833. The van der Waals surface area contributed by atoms with Crippen LogP contribution >= 0.6 is 0 Å². The van der Waals surface area contributed by atoms with Crippen molar-refractivity contribution in [3.8, 4) is 0 Å². The van der Waals surface area contributed by atoms with E-state index in [-0.39, 0.29) is 23.7 Å². The maximum atomic E-state index is 11.7. The van der Waals surface area contributed by atoms with Gasteiger partial charge < -0.3 is 15.1 Å². The highest BCUT2D eigenvalue weighted by Crippen LogP contribution is 2.11. The van der Waals surface area contributed by atoms with Crippen molar-refractivity contribution in [2.24, 2.45) is 11.2 Å². The molecule has 0 aromatic rings. The highest BCUT2D eigenvalue weighted by Gasteiger charge is 2.29. The van der Waals surface area contributed by atoms with E-state index in [1.54, 1.807) is 6.92 Å². The molecule has 0 aliphatic rings. The average molecular weight is 305 g/mol. The summed E-state index contributed by atoms with van der Waals surface area (Å²) in [7, 11) is 1.30. The molecule has 0 aliphatic carbocycles. The van der Waals surface area contributed by atoms with Crippen LogP contribution in [0.2, 0.25) is 0 Å². The molecule has 0 saturated carbocycles. The fourth-order valence-corrected chi connectivity index (χ4v) is 1.43. The van der Waals surface area contributed by atoms with Crippen LogP contribution in [0, 0.1) is 11.1 Å². The van der Waals surface area contributed by atoms with E-state index in [0.29, 0.717) is 0 Å². The molecule has 0 aromatic carbocycles. The fourth-order valence-electron chi connectivity index (χ4n) is 1.43. The third kappa shape index (κ3) is 7.33. The van der Waals surface area contributed by atoms with Gasteiger partial charge in [0, 0.05) is 13.3 Å². The van der Waals surface area contributed by atoms with Crippen LogP contribution in [-0.4, -0.2) is 46.4 Å². The first kappa shape index (κ1) is 18.9. The van der Waals surface area contributed by atoms with Crippen LogP contribution in [-0.2, 0) is 19.2 Å². The number of esters is 1. The zero-order valence-electron chi connectivity index (χ0n) is 13.0. The smallest absolute Gasteiger partial charge is 0.332 e. The van der Waals surface area contributed by atoms with Crippen LogP contribution in [0.15, 0.2) is 5.28 Å². The number of ether oxygens (including phenoxy) is 1. The average Bonchev–Trinajstić information content (AvgIpc) is 2.40. The van der Waals surface area contributed by atoms with Crippen LogP contribution in [0.5, 0.6) is 0 Å². The Labute approximate surface area is 123 Å². The van der Waals surface area contributed by atoms with Crippen molar-refractivity contribution in [2.45, 2.75) is 52.9 Å². The predicted octanol–water partition coefficient (Wildman–Crippen LogP) is 1.53. The second-order valence-corrected chi connectivity index (χ2v) is 4.91. The lowest BCUT2D eigenvalue weighted by Gasteiger charge is -2.21. The van der Waals surface area contributed by atoms with Crippen molar-refractivity contribution >= 4 is 11.9 Å². The van der Waals surface area contributed by atoms with Gasteiger partial charge in [-0.3, -0.25) is 9.63 Å². The standard InChI is InChI=1S/C12H23N3O6/c1-6-11(16)20-9(4)21-13-15(19)14(5)10(12(17)18)7-8(2)3/h8-10H,6-7H2,1-5H3,(H,17,18)/t9?,10-/m0/s1. The summed E-state index contributed by atoms with van der Waals surface area (Å²) < 4.78 is 4.75. The molecule has 1 unspecified atom stereocenters. The Morgan fingerprint density at radius 1 is 1.38 bits per heavy atom. The van der Waals surface area contributed by atoms with Crippen LogP contribution in [0.4, 0.5) is 0 Å². The maximum absolute atomic E-state index is 11.7. The molecule has 9 nitrogen and oxygen atoms in total. The Kier molecular flexibility index (Phi) is 8.10. The quantitative estimate of drug-likeness (QED) is 0.226. The van der Waals surface area contributed by atoms with Crippen LogP contribution in [0.25, 0.3) is 0 Å². The van der Waals surface area contributed by atoms with E-state index in [9.17, 15) is 14.8 Å². The zero-order chi connectivity index (χ0) is 16.6. The number of nitrogens with zero attached hydrogens (tertiary/aromatic N) is 3. The largest absolute Gasteiger partial charge is 0.569 e. The zero-order valence-corrected chi connectivity index (χ0v) is 13.0. The molecular formula is C12H23N3O6. The number of hydrogen-bond donors (Lipinski definition) is 1. The Morgan fingerprint density at radius 3 is 2.38 bits per heavy atom. The molecule has 0 fully saturated rings. The highest BCUT2D eigenvalue weighted by molar-refractivity contribution is 5.73. The van der Waals surface area contributed by atoms with Crippen molar-refractivity contribution < 1.29 is 29.2 Å². The van der Waals surface area contributed by atoms with Crippen molar-refractivity contribution in [2.75, 3.05) is 7.05 Å². The normalized spacial score (nSPS) is 14.5. The Balaban J connectivity index is 4.65. The predicted molar refractivity (Wildman–Crippen MR) is 71.6 cm³/mol. The van der Waals surface area contributed by atoms with Crippen LogP contribution in [0.3, 0.4) is 0 Å². The molecule has 0 heterocycles. The molecule has 0 aromatic heterocycles. The number of carbonyl (C=O) groups excluding carboxylic acids is 1. The lowest BCUT2D eigenvalue weighted by atomic mass is 10.0. The minimum Gasteiger partial charge on any atom is -0.569 e. The van der Waals surface area contributed by atoms with Crippen LogP contribution in [0.1, 0.15) is 40.5 Å². The molecule has 0 radical (unpaired) electrons. The van der Waals surface area contributed by atoms with Gasteiger partial charge in [-0.2, -0.15) is 0 Å². The number of rotatable bonds is 9. The molecule has 122 valence electrons. The molecular weight excluding hydrogens is 282 g/mol. The van der Waals surface area contributed by atoms with E-state index in [1.807, 2.05) is 13.8 Å².